The first-order valence-electron chi connectivity index (χ1n) is 17.6. The van der Waals surface area contributed by atoms with E-state index in [1.54, 1.807) is 12.4 Å². The van der Waals surface area contributed by atoms with E-state index in [0.29, 0.717) is 55.9 Å². The van der Waals surface area contributed by atoms with Crippen molar-refractivity contribution in [3.05, 3.63) is 170 Å². The molecule has 0 spiro atoms. The molecule has 0 aliphatic rings. The lowest BCUT2D eigenvalue weighted by Crippen LogP contribution is -2.05. The molecule has 0 bridgehead atoms. The number of hydrogen-bond donors (Lipinski definition) is 0. The topological polar surface area (TPSA) is 103 Å². The van der Waals surface area contributed by atoms with Crippen LogP contribution in [0, 0.1) is 0 Å². The Morgan fingerprint density at radius 3 is 0.704 bits per heavy atom. The van der Waals surface area contributed by atoms with E-state index in [9.17, 15) is 0 Å². The van der Waals surface area contributed by atoms with Crippen LogP contribution in [0.3, 0.4) is 0 Å². The Hall–Kier alpha value is -7.58. The van der Waals surface area contributed by atoms with Crippen LogP contribution in [0.5, 0.6) is 0 Å². The van der Waals surface area contributed by atoms with Gasteiger partial charge in [-0.05, 0) is 24.3 Å². The molecule has 0 radical (unpaired) electrons. The number of rotatable bonds is 6. The maximum atomic E-state index is 5.46. The molecule has 0 unspecified atom stereocenters. The first kappa shape index (κ1) is 31.2. The highest BCUT2D eigenvalue weighted by molar-refractivity contribution is 6.20. The van der Waals surface area contributed by atoms with Crippen LogP contribution in [0.25, 0.3) is 101 Å². The van der Waals surface area contributed by atoms with Crippen LogP contribution in [-0.2, 0) is 0 Å². The van der Waals surface area contributed by atoms with Gasteiger partial charge in [-0.2, -0.15) is 0 Å². The Bertz CT molecular complexity index is 2390. The summed E-state index contributed by atoms with van der Waals surface area (Å²) < 4.78 is 0. The fourth-order valence-corrected chi connectivity index (χ4v) is 6.85. The van der Waals surface area contributed by atoms with E-state index in [1.165, 1.54) is 0 Å². The fraction of sp³-hybridized carbons (Fsp3) is 0. The molecule has 5 aromatic heterocycles. The van der Waals surface area contributed by atoms with E-state index in [-0.39, 0.29) is 0 Å². The lowest BCUT2D eigenvalue weighted by molar-refractivity contribution is 1.20. The van der Waals surface area contributed by atoms with Gasteiger partial charge in [-0.1, -0.05) is 133 Å². The van der Waals surface area contributed by atoms with E-state index in [2.05, 4.69) is 48.5 Å². The van der Waals surface area contributed by atoms with Crippen LogP contribution in [-0.4, -0.2) is 39.9 Å². The first-order valence-corrected chi connectivity index (χ1v) is 17.6. The molecule has 8 heteroatoms. The molecule has 0 amide bonds. The van der Waals surface area contributed by atoms with Gasteiger partial charge < -0.3 is 0 Å². The second-order valence-corrected chi connectivity index (χ2v) is 12.7. The zero-order chi connectivity index (χ0) is 35.8. The van der Waals surface area contributed by atoms with E-state index >= 15 is 0 Å². The van der Waals surface area contributed by atoms with Gasteiger partial charge >= 0.3 is 0 Å². The van der Waals surface area contributed by atoms with Crippen LogP contribution in [0.2, 0.25) is 0 Å². The van der Waals surface area contributed by atoms with Crippen LogP contribution in [0.4, 0.5) is 0 Å². The number of nitrogens with zero attached hydrogens (tertiary/aromatic N) is 8. The van der Waals surface area contributed by atoms with E-state index in [0.717, 1.165) is 45.0 Å². The molecule has 252 valence electrons. The molecule has 10 rings (SSSR count). The van der Waals surface area contributed by atoms with Gasteiger partial charge in [0, 0.05) is 34.6 Å². The normalized spacial score (nSPS) is 11.3. The summed E-state index contributed by atoms with van der Waals surface area (Å²) in [6.07, 6.45) is 3.51. The highest BCUT2D eigenvalue weighted by Gasteiger charge is 2.26. The molecule has 0 saturated heterocycles. The van der Waals surface area contributed by atoms with Crippen molar-refractivity contribution < 1.29 is 0 Å². The zero-order valence-electron chi connectivity index (χ0n) is 28.7. The molecule has 5 heterocycles. The third kappa shape index (κ3) is 5.41. The van der Waals surface area contributed by atoms with Crippen LogP contribution in [0.1, 0.15) is 0 Å². The minimum atomic E-state index is 0.544. The zero-order valence-corrected chi connectivity index (χ0v) is 28.7. The van der Waals surface area contributed by atoms with Gasteiger partial charge in [-0.3, -0.25) is 9.97 Å². The Morgan fingerprint density at radius 2 is 0.463 bits per heavy atom. The minimum Gasteiger partial charge on any atom is -0.255 e. The second kappa shape index (κ2) is 13.2. The molecule has 0 aliphatic heterocycles. The van der Waals surface area contributed by atoms with Crippen LogP contribution >= 0.6 is 0 Å². The summed E-state index contributed by atoms with van der Waals surface area (Å²) in [6.45, 7) is 0. The molecule has 0 fully saturated rings. The average molecular weight is 693 g/mol. The average Bonchev–Trinajstić information content (AvgIpc) is 3.27. The highest BCUT2D eigenvalue weighted by Crippen LogP contribution is 2.40. The lowest BCUT2D eigenvalue weighted by atomic mass is 10.0. The third-order valence-corrected chi connectivity index (χ3v) is 9.36. The van der Waals surface area contributed by atoms with Gasteiger partial charge in [0.25, 0.3) is 0 Å². The Labute approximate surface area is 310 Å². The molecular formula is C46H28N8. The number of pyridine rings is 2. The fourth-order valence-electron chi connectivity index (χ4n) is 6.85. The highest BCUT2D eigenvalue weighted by atomic mass is 15.0. The minimum absolute atomic E-state index is 0.544. The molecule has 0 atom stereocenters. The predicted molar refractivity (Wildman–Crippen MR) is 214 cm³/mol. The Balaban J connectivity index is 1.42. The van der Waals surface area contributed by atoms with Crippen molar-refractivity contribution in [1.29, 1.82) is 0 Å². The third-order valence-electron chi connectivity index (χ3n) is 9.36. The predicted octanol–water partition coefficient (Wildman–Crippen LogP) is 10.3. The summed E-state index contributed by atoms with van der Waals surface area (Å²) in [7, 11) is 0. The van der Waals surface area contributed by atoms with E-state index in [1.807, 2.05) is 109 Å². The van der Waals surface area contributed by atoms with Gasteiger partial charge in [-0.15, -0.1) is 0 Å². The van der Waals surface area contributed by atoms with Crippen molar-refractivity contribution in [3.63, 3.8) is 0 Å². The molecular weight excluding hydrogens is 665 g/mol. The van der Waals surface area contributed by atoms with Crippen molar-refractivity contribution in [2.75, 3.05) is 0 Å². The lowest BCUT2D eigenvalue weighted by Gasteiger charge is -2.17. The molecule has 0 saturated carbocycles. The smallest absolute Gasteiger partial charge is 0.120 e. The number of benzene rings is 5. The maximum Gasteiger partial charge on any atom is 0.120 e. The van der Waals surface area contributed by atoms with Crippen molar-refractivity contribution >= 4 is 33.1 Å². The van der Waals surface area contributed by atoms with Gasteiger partial charge in [0.05, 0.1) is 34.2 Å². The first-order chi connectivity index (χ1) is 26.8. The van der Waals surface area contributed by atoms with Crippen molar-refractivity contribution in [1.82, 2.24) is 39.9 Å². The molecule has 8 nitrogen and oxygen atoms in total. The largest absolute Gasteiger partial charge is 0.255 e. The molecule has 0 N–H and O–H groups in total. The summed E-state index contributed by atoms with van der Waals surface area (Å²) in [5.74, 6) is 0. The molecule has 0 aliphatic carbocycles. The van der Waals surface area contributed by atoms with Crippen molar-refractivity contribution in [3.8, 4) is 67.8 Å². The van der Waals surface area contributed by atoms with Gasteiger partial charge in [0.15, 0.2) is 0 Å². The quantitative estimate of drug-likeness (QED) is 0.159. The number of hydrogen-bond acceptors (Lipinski definition) is 8. The summed E-state index contributed by atoms with van der Waals surface area (Å²) in [5, 5.41) is 0. The number of aromatic nitrogens is 8. The monoisotopic (exact) mass is 692 g/mol. The van der Waals surface area contributed by atoms with Crippen molar-refractivity contribution in [2.45, 2.75) is 0 Å². The summed E-state index contributed by atoms with van der Waals surface area (Å²) in [6, 6.07) is 52.0. The van der Waals surface area contributed by atoms with Crippen LogP contribution < -0.4 is 0 Å². The Kier molecular flexibility index (Phi) is 7.62. The summed E-state index contributed by atoms with van der Waals surface area (Å²) in [5.41, 5.74) is 12.5. The van der Waals surface area contributed by atoms with Gasteiger partial charge in [0.2, 0.25) is 0 Å². The van der Waals surface area contributed by atoms with Gasteiger partial charge in [-0.25, -0.2) is 29.9 Å². The van der Waals surface area contributed by atoms with Crippen molar-refractivity contribution in [2.24, 2.45) is 0 Å². The van der Waals surface area contributed by atoms with E-state index < -0.39 is 0 Å². The summed E-state index contributed by atoms with van der Waals surface area (Å²) in [4.78, 5) is 42.0. The van der Waals surface area contributed by atoms with Gasteiger partial charge in [0.1, 0.15) is 44.5 Å². The summed E-state index contributed by atoms with van der Waals surface area (Å²) >= 11 is 0. The van der Waals surface area contributed by atoms with Crippen LogP contribution in [0.15, 0.2) is 170 Å². The SMILES string of the molecule is c1ccc(-c2nc3c4nc(-c5ccccc5)c(-c5ccccc5)nc4c4nc(-c5ccccn5)c(-c5ccccn5)nc4c3nc2-c2ccccc2)cc1. The Morgan fingerprint density at radius 1 is 0.222 bits per heavy atom. The standard InChI is InChI=1S/C46H28N8/c1-5-17-29(18-6-1)35-37(31-21-9-3-10-22-31)51-43-41(49-35)42-44(52-38(32-23-11-4-12-24-32)36(50-42)30-19-7-2-8-20-30)46-45(43)53-39(33-25-13-15-27-47-33)40(54-46)34-26-14-16-28-48-34/h1-28H. The molecule has 5 aromatic carbocycles. The van der Waals surface area contributed by atoms with E-state index in [4.69, 9.17) is 39.9 Å². The number of fused-ring (bicyclic) bond motifs is 6. The molecule has 10 aromatic rings. The second-order valence-electron chi connectivity index (χ2n) is 12.7. The maximum absolute atomic E-state index is 5.46. The molecule has 54 heavy (non-hydrogen) atoms.